The molecule has 0 N–H and O–H groups in total. The summed E-state index contributed by atoms with van der Waals surface area (Å²) >= 11 is 0. The number of fused-ring (bicyclic) bond motifs is 5. The minimum absolute atomic E-state index is 0.833. The molecule has 0 saturated carbocycles. The summed E-state index contributed by atoms with van der Waals surface area (Å²) in [6, 6.07) is 18.8. The number of para-hydroxylation sites is 1. The summed E-state index contributed by atoms with van der Waals surface area (Å²) in [4.78, 5) is 4.55. The van der Waals surface area contributed by atoms with Crippen LogP contribution in [0.4, 0.5) is 0 Å². The fourth-order valence-corrected chi connectivity index (χ4v) is 3.67. The van der Waals surface area contributed by atoms with Crippen molar-refractivity contribution in [2.75, 3.05) is 0 Å². The smallest absolute Gasteiger partial charge is 0.216 e. The molecule has 25 heavy (non-hydrogen) atoms. The lowest BCUT2D eigenvalue weighted by atomic mass is 9.99. The van der Waals surface area contributed by atoms with Crippen LogP contribution in [0, 0.1) is 6.92 Å². The SMILES string of the molecule is Cc1ccc2c(oc3cnc4ccccc4c32)c1-c1cccc[n+]1C. The van der Waals surface area contributed by atoms with E-state index < -0.39 is 0 Å². The average Bonchev–Trinajstić information content (AvgIpc) is 3.01. The minimum Gasteiger partial charge on any atom is -0.453 e. The molecule has 3 aromatic heterocycles. The van der Waals surface area contributed by atoms with Crippen molar-refractivity contribution in [2.24, 2.45) is 7.05 Å². The minimum atomic E-state index is 0.833. The molecule has 0 unspecified atom stereocenters. The van der Waals surface area contributed by atoms with E-state index in [1.807, 2.05) is 24.4 Å². The Labute approximate surface area is 145 Å². The molecule has 0 bridgehead atoms. The molecule has 0 fully saturated rings. The molecular weight excluding hydrogens is 308 g/mol. The van der Waals surface area contributed by atoms with Crippen molar-refractivity contribution < 1.29 is 8.98 Å². The molecule has 3 heterocycles. The molecular formula is C22H17N2O+. The third-order valence-electron chi connectivity index (χ3n) is 4.90. The van der Waals surface area contributed by atoms with E-state index in [2.05, 4.69) is 66.1 Å². The van der Waals surface area contributed by atoms with Gasteiger partial charge in [0.05, 0.1) is 17.3 Å². The van der Waals surface area contributed by atoms with Gasteiger partial charge in [-0.05, 0) is 24.6 Å². The molecule has 5 rings (SSSR count). The van der Waals surface area contributed by atoms with Crippen LogP contribution >= 0.6 is 0 Å². The molecule has 3 heteroatoms. The second-order valence-electron chi connectivity index (χ2n) is 6.45. The summed E-state index contributed by atoms with van der Waals surface area (Å²) in [5.41, 5.74) is 6.23. The maximum atomic E-state index is 6.31. The van der Waals surface area contributed by atoms with Gasteiger partial charge in [0.25, 0.3) is 0 Å². The molecule has 0 aliphatic carbocycles. The summed E-state index contributed by atoms with van der Waals surface area (Å²) < 4.78 is 8.44. The van der Waals surface area contributed by atoms with Gasteiger partial charge in [0.15, 0.2) is 11.8 Å². The Bertz CT molecular complexity index is 1270. The summed E-state index contributed by atoms with van der Waals surface area (Å²) in [5.74, 6) is 0. The van der Waals surface area contributed by atoms with Gasteiger partial charge in [-0.1, -0.05) is 30.3 Å². The number of furan rings is 1. The maximum absolute atomic E-state index is 6.31. The van der Waals surface area contributed by atoms with Gasteiger partial charge in [-0.3, -0.25) is 4.98 Å². The fourth-order valence-electron chi connectivity index (χ4n) is 3.67. The highest BCUT2D eigenvalue weighted by Gasteiger charge is 2.21. The molecule has 0 saturated heterocycles. The molecule has 0 atom stereocenters. The first kappa shape index (κ1) is 14.2. The van der Waals surface area contributed by atoms with Crippen LogP contribution in [0.3, 0.4) is 0 Å². The first-order chi connectivity index (χ1) is 12.2. The predicted octanol–water partition coefficient (Wildman–Crippen LogP) is 4.93. The topological polar surface area (TPSA) is 29.9 Å². The monoisotopic (exact) mass is 325 g/mol. The summed E-state index contributed by atoms with van der Waals surface area (Å²) in [6.45, 7) is 2.13. The van der Waals surface area contributed by atoms with Crippen LogP contribution in [-0.2, 0) is 7.05 Å². The van der Waals surface area contributed by atoms with Crippen LogP contribution in [0.2, 0.25) is 0 Å². The van der Waals surface area contributed by atoms with E-state index in [0.717, 1.165) is 44.1 Å². The Morgan fingerprint density at radius 1 is 0.920 bits per heavy atom. The zero-order valence-corrected chi connectivity index (χ0v) is 14.2. The predicted molar refractivity (Wildman–Crippen MR) is 100 cm³/mol. The second-order valence-corrected chi connectivity index (χ2v) is 6.45. The number of hydrogen-bond donors (Lipinski definition) is 0. The van der Waals surface area contributed by atoms with Crippen LogP contribution in [0.25, 0.3) is 44.1 Å². The average molecular weight is 325 g/mol. The van der Waals surface area contributed by atoms with E-state index in [4.69, 9.17) is 4.42 Å². The maximum Gasteiger partial charge on any atom is 0.216 e. The lowest BCUT2D eigenvalue weighted by molar-refractivity contribution is -0.660. The highest BCUT2D eigenvalue weighted by Crippen LogP contribution is 2.39. The lowest BCUT2D eigenvalue weighted by Gasteiger charge is -2.05. The number of pyridine rings is 2. The number of rotatable bonds is 1. The van der Waals surface area contributed by atoms with Gasteiger partial charge < -0.3 is 4.42 Å². The van der Waals surface area contributed by atoms with Gasteiger partial charge in [0, 0.05) is 28.3 Å². The largest absolute Gasteiger partial charge is 0.453 e. The van der Waals surface area contributed by atoms with Crippen LogP contribution in [-0.4, -0.2) is 4.98 Å². The van der Waals surface area contributed by atoms with Gasteiger partial charge in [0.2, 0.25) is 5.69 Å². The van der Waals surface area contributed by atoms with Gasteiger partial charge in [-0.25, -0.2) is 4.57 Å². The first-order valence-corrected chi connectivity index (χ1v) is 8.38. The second kappa shape index (κ2) is 5.15. The van der Waals surface area contributed by atoms with Gasteiger partial charge >= 0.3 is 0 Å². The quantitative estimate of drug-likeness (QED) is 0.409. The lowest BCUT2D eigenvalue weighted by Crippen LogP contribution is -2.30. The highest BCUT2D eigenvalue weighted by atomic mass is 16.3. The van der Waals surface area contributed by atoms with Crippen molar-refractivity contribution in [1.82, 2.24) is 4.98 Å². The molecule has 0 radical (unpaired) electrons. The van der Waals surface area contributed by atoms with Crippen molar-refractivity contribution in [2.45, 2.75) is 6.92 Å². The number of nitrogens with zero attached hydrogens (tertiary/aromatic N) is 2. The third-order valence-corrected chi connectivity index (χ3v) is 4.90. The van der Waals surface area contributed by atoms with Crippen molar-refractivity contribution in [3.8, 4) is 11.3 Å². The highest BCUT2D eigenvalue weighted by molar-refractivity contribution is 6.19. The number of hydrogen-bond acceptors (Lipinski definition) is 2. The molecule has 120 valence electrons. The Morgan fingerprint density at radius 3 is 2.64 bits per heavy atom. The Morgan fingerprint density at radius 2 is 1.76 bits per heavy atom. The molecule has 0 aliphatic rings. The third kappa shape index (κ3) is 1.99. The fraction of sp³-hybridized carbons (Fsp3) is 0.0909. The van der Waals surface area contributed by atoms with Gasteiger partial charge in [-0.2, -0.15) is 0 Å². The summed E-state index contributed by atoms with van der Waals surface area (Å²) in [6.07, 6.45) is 3.90. The molecule has 0 amide bonds. The first-order valence-electron chi connectivity index (χ1n) is 8.38. The van der Waals surface area contributed by atoms with Crippen LogP contribution in [0.5, 0.6) is 0 Å². The standard InChI is InChI=1S/C22H17N2O/c1-14-10-11-16-21-15-7-3-4-8-17(15)23-13-19(21)25-22(16)20(14)18-9-5-6-12-24(18)2/h3-13H,1-2H3/q+1. The molecule has 2 aromatic carbocycles. The van der Waals surface area contributed by atoms with Gasteiger partial charge in [-0.15, -0.1) is 0 Å². The van der Waals surface area contributed by atoms with E-state index in [0.29, 0.717) is 0 Å². The van der Waals surface area contributed by atoms with Crippen molar-refractivity contribution in [3.63, 3.8) is 0 Å². The molecule has 0 aliphatic heterocycles. The number of aromatic nitrogens is 2. The van der Waals surface area contributed by atoms with Crippen molar-refractivity contribution in [3.05, 3.63) is 72.6 Å². The van der Waals surface area contributed by atoms with Crippen LogP contribution in [0.15, 0.2) is 71.4 Å². The Balaban J connectivity index is 1.99. The van der Waals surface area contributed by atoms with Crippen LogP contribution < -0.4 is 4.57 Å². The van der Waals surface area contributed by atoms with Crippen LogP contribution in [0.1, 0.15) is 5.56 Å². The van der Waals surface area contributed by atoms with E-state index in [9.17, 15) is 0 Å². The summed E-state index contributed by atoms with van der Waals surface area (Å²) in [5, 5.41) is 3.41. The Hall–Kier alpha value is -3.20. The number of benzene rings is 2. The van der Waals surface area contributed by atoms with E-state index in [1.54, 1.807) is 0 Å². The summed E-state index contributed by atoms with van der Waals surface area (Å²) in [7, 11) is 2.06. The zero-order valence-electron chi connectivity index (χ0n) is 14.2. The van der Waals surface area contributed by atoms with E-state index >= 15 is 0 Å². The molecule has 5 aromatic rings. The molecule has 0 spiro atoms. The van der Waals surface area contributed by atoms with E-state index in [-0.39, 0.29) is 0 Å². The van der Waals surface area contributed by atoms with Crippen molar-refractivity contribution in [1.29, 1.82) is 0 Å². The van der Waals surface area contributed by atoms with Gasteiger partial charge in [0.1, 0.15) is 12.6 Å². The normalized spacial score (nSPS) is 11.6. The number of aryl methyl sites for hydroxylation is 2. The van der Waals surface area contributed by atoms with E-state index in [1.165, 1.54) is 5.56 Å². The molecule has 3 nitrogen and oxygen atoms in total. The zero-order chi connectivity index (χ0) is 17.0. The van der Waals surface area contributed by atoms with Crippen molar-refractivity contribution >= 4 is 32.8 Å². The Kier molecular flexibility index (Phi) is 2.92.